The van der Waals surface area contributed by atoms with Gasteiger partial charge >= 0.3 is 11.9 Å². The molecule has 2 aromatic carbocycles. The Kier molecular flexibility index (Phi) is 4.33. The standard InChI is InChI=1S/C22H20O6/c1-26-19(23)21-11-12-22(28-25,20(24)27-2)16-10-6-9-15(18(16)21)13-17(21)14-7-4-3-5-8-14/h3-12,17,25H,13H2,1-2H3/t17-,21-,22-/m0/s1. The fraction of sp³-hybridized carbons (Fsp3) is 0.273. The second-order valence-electron chi connectivity index (χ2n) is 7.02. The quantitative estimate of drug-likeness (QED) is 0.380. The first-order valence-corrected chi connectivity index (χ1v) is 8.92. The molecule has 0 amide bonds. The fourth-order valence-corrected chi connectivity index (χ4v) is 4.66. The number of ether oxygens (including phenoxy) is 2. The van der Waals surface area contributed by atoms with Crippen LogP contribution in [0.2, 0.25) is 0 Å². The molecular weight excluding hydrogens is 360 g/mol. The Bertz CT molecular complexity index is 966. The zero-order valence-electron chi connectivity index (χ0n) is 15.5. The lowest BCUT2D eigenvalue weighted by Crippen LogP contribution is -2.47. The highest BCUT2D eigenvalue weighted by Gasteiger charge is 2.60. The number of hydrogen-bond acceptors (Lipinski definition) is 6. The second kappa shape index (κ2) is 6.58. The molecule has 0 saturated heterocycles. The average molecular weight is 380 g/mol. The summed E-state index contributed by atoms with van der Waals surface area (Å²) in [6.45, 7) is 0. The van der Waals surface area contributed by atoms with E-state index < -0.39 is 23.0 Å². The normalized spacial score (nSPS) is 27.2. The minimum atomic E-state index is -1.83. The van der Waals surface area contributed by atoms with Crippen LogP contribution in [-0.2, 0) is 41.4 Å². The number of hydrogen-bond donors (Lipinski definition) is 1. The zero-order valence-corrected chi connectivity index (χ0v) is 15.5. The van der Waals surface area contributed by atoms with Gasteiger partial charge in [-0.05, 0) is 29.2 Å². The van der Waals surface area contributed by atoms with Crippen LogP contribution in [0.4, 0.5) is 0 Å². The van der Waals surface area contributed by atoms with E-state index in [2.05, 4.69) is 4.89 Å². The summed E-state index contributed by atoms with van der Waals surface area (Å²) in [6.07, 6.45) is 3.58. The maximum Gasteiger partial charge on any atom is 0.350 e. The summed E-state index contributed by atoms with van der Waals surface area (Å²) < 4.78 is 10.1. The number of esters is 2. The van der Waals surface area contributed by atoms with Crippen molar-refractivity contribution in [2.24, 2.45) is 0 Å². The Morgan fingerprint density at radius 2 is 1.68 bits per heavy atom. The fourth-order valence-electron chi connectivity index (χ4n) is 4.66. The van der Waals surface area contributed by atoms with E-state index in [1.165, 1.54) is 20.3 Å². The van der Waals surface area contributed by atoms with Crippen molar-refractivity contribution in [3.05, 3.63) is 82.9 Å². The van der Waals surface area contributed by atoms with Crippen molar-refractivity contribution in [2.45, 2.75) is 23.4 Å². The van der Waals surface area contributed by atoms with E-state index in [0.717, 1.165) is 11.1 Å². The number of methoxy groups -OCH3 is 2. The van der Waals surface area contributed by atoms with Gasteiger partial charge in [0.1, 0.15) is 5.41 Å². The molecule has 1 N–H and O–H groups in total. The number of rotatable bonds is 4. The average Bonchev–Trinajstić information content (AvgIpc) is 3.11. The molecule has 0 bridgehead atoms. The van der Waals surface area contributed by atoms with Gasteiger partial charge in [0.15, 0.2) is 0 Å². The summed E-state index contributed by atoms with van der Waals surface area (Å²) in [5.74, 6) is -1.43. The van der Waals surface area contributed by atoms with Crippen LogP contribution >= 0.6 is 0 Å². The Morgan fingerprint density at radius 3 is 2.32 bits per heavy atom. The van der Waals surface area contributed by atoms with Crippen LogP contribution in [0.5, 0.6) is 0 Å². The van der Waals surface area contributed by atoms with E-state index in [1.54, 1.807) is 18.2 Å². The smallest absolute Gasteiger partial charge is 0.350 e. The number of benzene rings is 2. The minimum Gasteiger partial charge on any atom is -0.468 e. The third-order valence-electron chi connectivity index (χ3n) is 5.88. The van der Waals surface area contributed by atoms with E-state index in [-0.39, 0.29) is 5.92 Å². The van der Waals surface area contributed by atoms with Crippen molar-refractivity contribution in [3.8, 4) is 0 Å². The van der Waals surface area contributed by atoms with E-state index >= 15 is 0 Å². The number of carbonyl (C=O) groups excluding carboxylic acids is 2. The third kappa shape index (κ3) is 2.22. The van der Waals surface area contributed by atoms with Gasteiger partial charge in [-0.3, -0.25) is 4.79 Å². The van der Waals surface area contributed by atoms with E-state index in [0.29, 0.717) is 17.5 Å². The molecule has 28 heavy (non-hydrogen) atoms. The van der Waals surface area contributed by atoms with Crippen LogP contribution in [0.25, 0.3) is 0 Å². The van der Waals surface area contributed by atoms with Gasteiger partial charge < -0.3 is 9.47 Å². The molecule has 0 unspecified atom stereocenters. The second-order valence-corrected chi connectivity index (χ2v) is 7.02. The van der Waals surface area contributed by atoms with Gasteiger partial charge in [0, 0.05) is 11.5 Å². The van der Waals surface area contributed by atoms with Gasteiger partial charge in [0.25, 0.3) is 0 Å². The molecule has 144 valence electrons. The Hall–Kier alpha value is -2.96. The molecule has 0 aliphatic heterocycles. The predicted octanol–water partition coefficient (Wildman–Crippen LogP) is 2.87. The molecular formula is C22H20O6. The van der Waals surface area contributed by atoms with Gasteiger partial charge in [-0.25, -0.2) is 14.9 Å². The molecule has 2 aromatic rings. The van der Waals surface area contributed by atoms with Crippen molar-refractivity contribution in [2.75, 3.05) is 14.2 Å². The zero-order chi connectivity index (χ0) is 19.9. The van der Waals surface area contributed by atoms with Crippen LogP contribution in [0.1, 0.15) is 28.2 Å². The highest BCUT2D eigenvalue weighted by atomic mass is 17.1. The van der Waals surface area contributed by atoms with E-state index in [4.69, 9.17) is 9.47 Å². The van der Waals surface area contributed by atoms with E-state index in [9.17, 15) is 14.8 Å². The molecule has 0 saturated carbocycles. The maximum absolute atomic E-state index is 13.1. The van der Waals surface area contributed by atoms with Crippen molar-refractivity contribution in [1.29, 1.82) is 0 Å². The molecule has 0 fully saturated rings. The van der Waals surface area contributed by atoms with Crippen LogP contribution in [0.3, 0.4) is 0 Å². The monoisotopic (exact) mass is 380 g/mol. The highest BCUT2D eigenvalue weighted by molar-refractivity contribution is 5.95. The van der Waals surface area contributed by atoms with Crippen molar-refractivity contribution in [3.63, 3.8) is 0 Å². The Balaban J connectivity index is 2.03. The van der Waals surface area contributed by atoms with Crippen molar-refractivity contribution >= 4 is 11.9 Å². The molecule has 4 rings (SSSR count). The van der Waals surface area contributed by atoms with Crippen molar-refractivity contribution < 1.29 is 29.2 Å². The van der Waals surface area contributed by atoms with Crippen LogP contribution in [0, 0.1) is 0 Å². The van der Waals surface area contributed by atoms with Gasteiger partial charge in [-0.2, -0.15) is 0 Å². The lowest BCUT2D eigenvalue weighted by molar-refractivity contribution is -0.309. The topological polar surface area (TPSA) is 82.1 Å². The summed E-state index contributed by atoms with van der Waals surface area (Å²) in [6, 6.07) is 15.1. The number of carbonyl (C=O) groups is 2. The maximum atomic E-state index is 13.1. The summed E-state index contributed by atoms with van der Waals surface area (Å²) >= 11 is 0. The van der Waals surface area contributed by atoms with Crippen LogP contribution in [0.15, 0.2) is 60.7 Å². The van der Waals surface area contributed by atoms with E-state index in [1.807, 2.05) is 36.4 Å². The Morgan fingerprint density at radius 1 is 0.964 bits per heavy atom. The molecule has 3 atom stereocenters. The molecule has 0 radical (unpaired) electrons. The molecule has 0 aromatic heterocycles. The lowest BCUT2D eigenvalue weighted by atomic mass is 9.65. The first-order chi connectivity index (χ1) is 13.5. The van der Waals surface area contributed by atoms with Gasteiger partial charge in [0.05, 0.1) is 14.2 Å². The van der Waals surface area contributed by atoms with Crippen LogP contribution < -0.4 is 0 Å². The molecule has 2 aliphatic rings. The first-order valence-electron chi connectivity index (χ1n) is 8.92. The van der Waals surface area contributed by atoms with Gasteiger partial charge in [0.2, 0.25) is 5.60 Å². The summed E-state index contributed by atoms with van der Waals surface area (Å²) in [4.78, 5) is 30.4. The summed E-state index contributed by atoms with van der Waals surface area (Å²) in [7, 11) is 2.56. The molecule has 0 spiro atoms. The molecule has 0 heterocycles. The van der Waals surface area contributed by atoms with Crippen LogP contribution in [-0.4, -0.2) is 31.4 Å². The largest absolute Gasteiger partial charge is 0.468 e. The highest BCUT2D eigenvalue weighted by Crippen LogP contribution is 2.56. The predicted molar refractivity (Wildman–Crippen MR) is 99.6 cm³/mol. The molecule has 2 aliphatic carbocycles. The van der Waals surface area contributed by atoms with Gasteiger partial charge in [-0.15, -0.1) is 0 Å². The molecule has 6 heteroatoms. The third-order valence-corrected chi connectivity index (χ3v) is 5.88. The molecule has 6 nitrogen and oxygen atoms in total. The minimum absolute atomic E-state index is 0.220. The lowest BCUT2D eigenvalue weighted by Gasteiger charge is -2.39. The van der Waals surface area contributed by atoms with Crippen molar-refractivity contribution in [1.82, 2.24) is 0 Å². The first kappa shape index (κ1) is 18.4. The SMILES string of the molecule is COC(=O)[C@]1(OO)C=C[C@@]2(C(=O)OC)c3c(cccc31)C[C@H]2c1ccccc1. The Labute approximate surface area is 162 Å². The summed E-state index contributed by atoms with van der Waals surface area (Å²) in [5.41, 5.74) is -0.0775. The summed E-state index contributed by atoms with van der Waals surface area (Å²) in [5, 5.41) is 9.68. The van der Waals surface area contributed by atoms with Gasteiger partial charge in [-0.1, -0.05) is 54.6 Å².